The summed E-state index contributed by atoms with van der Waals surface area (Å²) in [6, 6.07) is 8.69. The first-order valence-corrected chi connectivity index (χ1v) is 9.04. The van der Waals surface area contributed by atoms with E-state index in [1.54, 1.807) is 11.8 Å². The van der Waals surface area contributed by atoms with Gasteiger partial charge in [-0.3, -0.25) is 0 Å². The lowest BCUT2D eigenvalue weighted by molar-refractivity contribution is 0.588. The molecule has 0 fully saturated rings. The molecule has 0 heterocycles. The summed E-state index contributed by atoms with van der Waals surface area (Å²) >= 11 is 1.59. The molecule has 0 aromatic heterocycles. The second-order valence-electron chi connectivity index (χ2n) is 4.66. The van der Waals surface area contributed by atoms with Crippen LogP contribution < -0.4 is 5.32 Å². The van der Waals surface area contributed by atoms with Crippen molar-refractivity contribution in [3.05, 3.63) is 29.8 Å². The maximum Gasteiger partial charge on any atom is 0.148 e. The molecule has 0 saturated carbocycles. The second-order valence-corrected chi connectivity index (χ2v) is 8.09. The Labute approximate surface area is 114 Å². The molecule has 1 aromatic rings. The molecule has 1 rings (SSSR count). The summed E-state index contributed by atoms with van der Waals surface area (Å²) in [6.45, 7) is 5.08. The van der Waals surface area contributed by atoms with Crippen molar-refractivity contribution in [2.45, 2.75) is 31.3 Å². The van der Waals surface area contributed by atoms with Gasteiger partial charge in [0.2, 0.25) is 0 Å². The summed E-state index contributed by atoms with van der Waals surface area (Å²) < 4.78 is 22.1. The van der Waals surface area contributed by atoms with E-state index < -0.39 is 9.84 Å². The van der Waals surface area contributed by atoms with E-state index in [4.69, 9.17) is 0 Å². The Balaban J connectivity index is 2.49. The van der Waals surface area contributed by atoms with Gasteiger partial charge in [-0.25, -0.2) is 8.42 Å². The van der Waals surface area contributed by atoms with Gasteiger partial charge in [0.15, 0.2) is 0 Å². The number of benzene rings is 1. The zero-order chi connectivity index (χ0) is 13.6. The van der Waals surface area contributed by atoms with Gasteiger partial charge in [-0.05, 0) is 17.7 Å². The molecule has 0 aliphatic rings. The monoisotopic (exact) mass is 287 g/mol. The van der Waals surface area contributed by atoms with Crippen LogP contribution in [0.2, 0.25) is 0 Å². The summed E-state index contributed by atoms with van der Waals surface area (Å²) in [6.07, 6.45) is 1.27. The minimum atomic E-state index is -2.86. The highest BCUT2D eigenvalue weighted by atomic mass is 32.2. The number of hydrogen-bond acceptors (Lipinski definition) is 4. The van der Waals surface area contributed by atoms with E-state index in [0.29, 0.717) is 11.8 Å². The van der Waals surface area contributed by atoms with E-state index in [1.165, 1.54) is 11.8 Å². The van der Waals surface area contributed by atoms with E-state index in [-0.39, 0.29) is 5.75 Å². The Morgan fingerprint density at radius 2 is 2.06 bits per heavy atom. The van der Waals surface area contributed by atoms with Crippen molar-refractivity contribution in [3.63, 3.8) is 0 Å². The first-order chi connectivity index (χ1) is 8.37. The average molecular weight is 287 g/mol. The molecule has 0 atom stereocenters. The first kappa shape index (κ1) is 15.5. The van der Waals surface area contributed by atoms with Gasteiger partial charge < -0.3 is 5.32 Å². The highest BCUT2D eigenvalue weighted by Crippen LogP contribution is 2.19. The van der Waals surface area contributed by atoms with Crippen molar-refractivity contribution in [3.8, 4) is 0 Å². The zero-order valence-corrected chi connectivity index (χ0v) is 12.8. The van der Waals surface area contributed by atoms with Crippen LogP contribution in [-0.4, -0.2) is 32.2 Å². The predicted molar refractivity (Wildman–Crippen MR) is 78.9 cm³/mol. The average Bonchev–Trinajstić information content (AvgIpc) is 2.25. The van der Waals surface area contributed by atoms with Crippen LogP contribution in [0, 0.1) is 0 Å². The molecule has 0 unspecified atom stereocenters. The molecule has 1 N–H and O–H groups in total. The third-order valence-corrected chi connectivity index (χ3v) is 4.54. The van der Waals surface area contributed by atoms with Crippen LogP contribution in [0.5, 0.6) is 0 Å². The van der Waals surface area contributed by atoms with Gasteiger partial charge in [-0.2, -0.15) is 0 Å². The van der Waals surface area contributed by atoms with Crippen LogP contribution in [0.15, 0.2) is 29.2 Å². The fourth-order valence-corrected chi connectivity index (χ4v) is 3.57. The van der Waals surface area contributed by atoms with E-state index in [9.17, 15) is 8.42 Å². The largest absolute Gasteiger partial charge is 0.310 e. The molecular formula is C13H21NO2S2. The van der Waals surface area contributed by atoms with Crippen molar-refractivity contribution in [2.24, 2.45) is 0 Å². The Morgan fingerprint density at radius 3 is 2.67 bits per heavy atom. The van der Waals surface area contributed by atoms with E-state index in [0.717, 1.165) is 11.4 Å². The number of nitrogens with one attached hydrogen (secondary N) is 1. The molecule has 0 saturated heterocycles. The smallest absolute Gasteiger partial charge is 0.148 e. The minimum Gasteiger partial charge on any atom is -0.310 e. The molecule has 0 aliphatic carbocycles. The maximum atomic E-state index is 11.0. The fraction of sp³-hybridized carbons (Fsp3) is 0.538. The summed E-state index contributed by atoms with van der Waals surface area (Å²) in [4.78, 5) is 1.13. The third-order valence-electron chi connectivity index (χ3n) is 2.34. The number of hydrogen-bond donors (Lipinski definition) is 1. The molecule has 102 valence electrons. The van der Waals surface area contributed by atoms with Gasteiger partial charge >= 0.3 is 0 Å². The second kappa shape index (κ2) is 7.16. The number of sulfone groups is 1. The van der Waals surface area contributed by atoms with Crippen LogP contribution in [-0.2, 0) is 16.4 Å². The highest BCUT2D eigenvalue weighted by Gasteiger charge is 2.03. The lowest BCUT2D eigenvalue weighted by Crippen LogP contribution is -2.21. The summed E-state index contributed by atoms with van der Waals surface area (Å²) in [5.41, 5.74) is 1.23. The van der Waals surface area contributed by atoms with Crippen LogP contribution in [0.25, 0.3) is 0 Å². The van der Waals surface area contributed by atoms with Gasteiger partial charge in [0.1, 0.15) is 9.84 Å². The molecule has 0 spiro atoms. The Kier molecular flexibility index (Phi) is 6.18. The summed E-state index contributed by atoms with van der Waals surface area (Å²) in [7, 11) is -2.86. The van der Waals surface area contributed by atoms with Crippen molar-refractivity contribution in [2.75, 3.05) is 17.8 Å². The summed E-state index contributed by atoms with van der Waals surface area (Å²) in [5.74, 6) is 0.839. The molecule has 1 aromatic carbocycles. The van der Waals surface area contributed by atoms with Crippen molar-refractivity contribution >= 4 is 21.6 Å². The SMILES string of the molecule is CC(C)NCc1cccc(SCCS(C)(=O)=O)c1. The highest BCUT2D eigenvalue weighted by molar-refractivity contribution is 8.00. The van der Waals surface area contributed by atoms with Crippen molar-refractivity contribution < 1.29 is 8.42 Å². The minimum absolute atomic E-state index is 0.228. The van der Waals surface area contributed by atoms with Gasteiger partial charge in [0.25, 0.3) is 0 Å². The third kappa shape index (κ3) is 7.03. The first-order valence-electron chi connectivity index (χ1n) is 5.99. The van der Waals surface area contributed by atoms with Crippen molar-refractivity contribution in [1.82, 2.24) is 5.32 Å². The molecule has 0 aliphatic heterocycles. The fourth-order valence-electron chi connectivity index (χ4n) is 1.38. The van der Waals surface area contributed by atoms with Crippen LogP contribution in [0.1, 0.15) is 19.4 Å². The maximum absolute atomic E-state index is 11.0. The Hall–Kier alpha value is -0.520. The van der Waals surface area contributed by atoms with E-state index >= 15 is 0 Å². The predicted octanol–water partition coefficient (Wildman–Crippen LogP) is 2.32. The molecule has 0 amide bonds. The standard InChI is InChI=1S/C13H21NO2S2/c1-11(2)14-10-12-5-4-6-13(9-12)17-7-8-18(3,15)16/h4-6,9,11,14H,7-8,10H2,1-3H3. The molecule has 18 heavy (non-hydrogen) atoms. The Bertz CT molecular complexity index is 470. The van der Waals surface area contributed by atoms with Gasteiger partial charge in [0.05, 0.1) is 5.75 Å². The van der Waals surface area contributed by atoms with Crippen LogP contribution >= 0.6 is 11.8 Å². The van der Waals surface area contributed by atoms with Gasteiger partial charge in [0, 0.05) is 29.5 Å². The molecule has 5 heteroatoms. The van der Waals surface area contributed by atoms with Crippen molar-refractivity contribution in [1.29, 1.82) is 0 Å². The summed E-state index contributed by atoms with van der Waals surface area (Å²) in [5, 5.41) is 3.36. The van der Waals surface area contributed by atoms with Crippen LogP contribution in [0.4, 0.5) is 0 Å². The molecule has 0 radical (unpaired) electrons. The number of rotatable bonds is 7. The quantitative estimate of drug-likeness (QED) is 0.782. The molecule has 0 bridgehead atoms. The lowest BCUT2D eigenvalue weighted by Gasteiger charge is -2.09. The Morgan fingerprint density at radius 1 is 1.33 bits per heavy atom. The number of thioether (sulfide) groups is 1. The molecule has 3 nitrogen and oxygen atoms in total. The topological polar surface area (TPSA) is 46.2 Å². The normalized spacial score (nSPS) is 12.0. The van der Waals surface area contributed by atoms with Gasteiger partial charge in [-0.15, -0.1) is 11.8 Å². The van der Waals surface area contributed by atoms with E-state index in [1.807, 2.05) is 12.1 Å². The van der Waals surface area contributed by atoms with Gasteiger partial charge in [-0.1, -0.05) is 26.0 Å². The van der Waals surface area contributed by atoms with E-state index in [2.05, 4.69) is 31.3 Å². The lowest BCUT2D eigenvalue weighted by atomic mass is 10.2. The molecular weight excluding hydrogens is 266 g/mol. The van der Waals surface area contributed by atoms with Crippen LogP contribution in [0.3, 0.4) is 0 Å². The zero-order valence-electron chi connectivity index (χ0n) is 11.1.